The molecule has 3 heterocycles. The Labute approximate surface area is 158 Å². The molecule has 1 aromatic rings. The molecule has 0 radical (unpaired) electrons. The van der Waals surface area contributed by atoms with Crippen LogP contribution in [0.4, 0.5) is 5.82 Å². The molecule has 142 valence electrons. The van der Waals surface area contributed by atoms with Crippen molar-refractivity contribution in [2.75, 3.05) is 31.1 Å². The van der Waals surface area contributed by atoms with Crippen molar-refractivity contribution in [2.45, 2.75) is 64.3 Å². The number of hydrogen-bond donors (Lipinski definition) is 0. The highest BCUT2D eigenvalue weighted by Gasteiger charge is 2.30. The van der Waals surface area contributed by atoms with Crippen LogP contribution in [0.3, 0.4) is 0 Å². The number of anilines is 1. The second-order valence-electron chi connectivity index (χ2n) is 8.69. The third-order valence-corrected chi connectivity index (χ3v) is 7.00. The summed E-state index contributed by atoms with van der Waals surface area (Å²) < 4.78 is 0. The fraction of sp³-hybridized carbons (Fsp3) is 0.727. The number of rotatable bonds is 5. The van der Waals surface area contributed by atoms with Gasteiger partial charge in [-0.2, -0.15) is 0 Å². The molecule has 0 N–H and O–H groups in total. The number of pyridine rings is 1. The van der Waals surface area contributed by atoms with E-state index in [1.54, 1.807) is 13.1 Å². The summed E-state index contributed by atoms with van der Waals surface area (Å²) in [5.41, 5.74) is 0.705. The average Bonchev–Trinajstić information content (AvgIpc) is 2.63. The molecule has 4 heteroatoms. The highest BCUT2D eigenvalue weighted by atomic mass is 16.1. The van der Waals surface area contributed by atoms with E-state index in [4.69, 9.17) is 0 Å². The Bertz CT molecular complexity index is 594. The summed E-state index contributed by atoms with van der Waals surface area (Å²) in [7, 11) is 0. The Morgan fingerprint density at radius 1 is 1.00 bits per heavy atom. The van der Waals surface area contributed by atoms with Gasteiger partial charge in [-0.1, -0.05) is 6.42 Å². The van der Waals surface area contributed by atoms with Crippen LogP contribution in [0.2, 0.25) is 0 Å². The molecule has 0 aromatic carbocycles. The zero-order valence-corrected chi connectivity index (χ0v) is 16.2. The van der Waals surface area contributed by atoms with Crippen molar-refractivity contribution in [2.24, 2.45) is 11.8 Å². The minimum absolute atomic E-state index is 0.0890. The highest BCUT2D eigenvalue weighted by molar-refractivity contribution is 5.93. The van der Waals surface area contributed by atoms with Crippen LogP contribution in [0.1, 0.15) is 68.6 Å². The van der Waals surface area contributed by atoms with Crippen LogP contribution in [-0.2, 0) is 0 Å². The molecule has 2 saturated heterocycles. The summed E-state index contributed by atoms with van der Waals surface area (Å²) in [5, 5.41) is 0. The van der Waals surface area contributed by atoms with Gasteiger partial charge in [-0.25, -0.2) is 4.98 Å². The first-order chi connectivity index (χ1) is 12.7. The number of likely N-dealkylation sites (tertiary alicyclic amines) is 1. The minimum Gasteiger partial charge on any atom is -0.357 e. The van der Waals surface area contributed by atoms with Crippen LogP contribution in [0.15, 0.2) is 18.3 Å². The first kappa shape index (κ1) is 18.0. The minimum atomic E-state index is 0.0890. The number of hydrogen-bond acceptors (Lipinski definition) is 4. The molecule has 0 unspecified atom stereocenters. The van der Waals surface area contributed by atoms with E-state index in [1.807, 2.05) is 12.1 Å². The summed E-state index contributed by atoms with van der Waals surface area (Å²) in [5.74, 6) is 2.97. The summed E-state index contributed by atoms with van der Waals surface area (Å²) in [6.45, 7) is 6.51. The molecule has 2 aliphatic heterocycles. The molecule has 0 spiro atoms. The van der Waals surface area contributed by atoms with Crippen LogP contribution in [0.25, 0.3) is 0 Å². The number of carbonyl (C=O) groups excluding carboxylic acids is 1. The van der Waals surface area contributed by atoms with E-state index in [9.17, 15) is 4.79 Å². The fourth-order valence-electron chi connectivity index (χ4n) is 4.96. The topological polar surface area (TPSA) is 36.4 Å². The third kappa shape index (κ3) is 4.11. The molecule has 26 heavy (non-hydrogen) atoms. The van der Waals surface area contributed by atoms with Crippen LogP contribution in [-0.4, -0.2) is 47.9 Å². The quantitative estimate of drug-likeness (QED) is 0.743. The summed E-state index contributed by atoms with van der Waals surface area (Å²) in [6, 6.07) is 4.85. The molecule has 1 aromatic heterocycles. The Morgan fingerprint density at radius 2 is 1.65 bits per heavy atom. The molecule has 3 fully saturated rings. The van der Waals surface area contributed by atoms with E-state index in [-0.39, 0.29) is 5.78 Å². The SMILES string of the molecule is CC(=O)c1ccc(N2CCC(CC3CCN(C4CCC4)CC3)CC2)nc1. The van der Waals surface area contributed by atoms with Gasteiger partial charge < -0.3 is 9.80 Å². The average molecular weight is 356 g/mol. The third-order valence-electron chi connectivity index (χ3n) is 7.00. The van der Waals surface area contributed by atoms with Crippen LogP contribution < -0.4 is 4.90 Å². The van der Waals surface area contributed by atoms with Crippen molar-refractivity contribution in [3.05, 3.63) is 23.9 Å². The van der Waals surface area contributed by atoms with Gasteiger partial charge in [0.2, 0.25) is 0 Å². The van der Waals surface area contributed by atoms with Gasteiger partial charge in [-0.15, -0.1) is 0 Å². The van der Waals surface area contributed by atoms with Crippen molar-refractivity contribution in [3.8, 4) is 0 Å². The van der Waals surface area contributed by atoms with Gasteiger partial charge in [0.1, 0.15) is 5.82 Å². The van der Waals surface area contributed by atoms with Crippen molar-refractivity contribution in [1.29, 1.82) is 0 Å². The molecule has 0 atom stereocenters. The largest absolute Gasteiger partial charge is 0.357 e. The van der Waals surface area contributed by atoms with Crippen LogP contribution >= 0.6 is 0 Å². The lowest BCUT2D eigenvalue weighted by molar-refractivity contribution is 0.0772. The first-order valence-corrected chi connectivity index (χ1v) is 10.6. The summed E-state index contributed by atoms with van der Waals surface area (Å²) in [6.07, 6.45) is 12.9. The number of piperidine rings is 2. The predicted octanol–water partition coefficient (Wildman–Crippen LogP) is 4.16. The molecule has 1 saturated carbocycles. The summed E-state index contributed by atoms with van der Waals surface area (Å²) in [4.78, 5) is 21.0. The maximum absolute atomic E-state index is 11.4. The monoisotopic (exact) mass is 355 g/mol. The zero-order valence-electron chi connectivity index (χ0n) is 16.2. The standard InChI is InChI=1S/C22H33N3O/c1-17(26)20-5-6-22(23-16-20)25-13-9-19(10-14-25)15-18-7-11-24(12-8-18)21-3-2-4-21/h5-6,16,18-19,21H,2-4,7-15H2,1H3. The van der Waals surface area contributed by atoms with Crippen molar-refractivity contribution >= 4 is 11.6 Å². The second kappa shape index (κ2) is 8.08. The normalized spacial score (nSPS) is 23.8. The van der Waals surface area contributed by atoms with Crippen molar-refractivity contribution < 1.29 is 4.79 Å². The van der Waals surface area contributed by atoms with Crippen molar-refractivity contribution in [1.82, 2.24) is 9.88 Å². The van der Waals surface area contributed by atoms with Crippen LogP contribution in [0, 0.1) is 11.8 Å². The van der Waals surface area contributed by atoms with Gasteiger partial charge in [0.15, 0.2) is 5.78 Å². The van der Waals surface area contributed by atoms with Gasteiger partial charge in [0.25, 0.3) is 0 Å². The van der Waals surface area contributed by atoms with E-state index in [2.05, 4.69) is 14.8 Å². The molecule has 3 aliphatic rings. The van der Waals surface area contributed by atoms with Gasteiger partial charge >= 0.3 is 0 Å². The second-order valence-corrected chi connectivity index (χ2v) is 8.69. The Hall–Kier alpha value is -1.42. The molecule has 4 nitrogen and oxygen atoms in total. The first-order valence-electron chi connectivity index (χ1n) is 10.6. The molecule has 4 rings (SSSR count). The lowest BCUT2D eigenvalue weighted by Crippen LogP contribution is -2.45. The molecule has 1 aliphatic carbocycles. The predicted molar refractivity (Wildman–Crippen MR) is 106 cm³/mol. The number of aromatic nitrogens is 1. The van der Waals surface area contributed by atoms with Gasteiger partial charge in [-0.05, 0) is 88.9 Å². The smallest absolute Gasteiger partial charge is 0.161 e. The maximum atomic E-state index is 11.4. The zero-order chi connectivity index (χ0) is 17.9. The van der Waals surface area contributed by atoms with Crippen molar-refractivity contribution in [3.63, 3.8) is 0 Å². The highest BCUT2D eigenvalue weighted by Crippen LogP contribution is 2.34. The number of ketones is 1. The van der Waals surface area contributed by atoms with E-state index in [0.717, 1.165) is 36.8 Å². The molecular weight excluding hydrogens is 322 g/mol. The Balaban J connectivity index is 1.21. The van der Waals surface area contributed by atoms with Gasteiger partial charge in [0.05, 0.1) is 0 Å². The van der Waals surface area contributed by atoms with E-state index >= 15 is 0 Å². The number of carbonyl (C=O) groups is 1. The fourth-order valence-corrected chi connectivity index (χ4v) is 4.96. The van der Waals surface area contributed by atoms with E-state index in [0.29, 0.717) is 5.56 Å². The number of Topliss-reactive ketones (excluding diaryl/α,β-unsaturated/α-hetero) is 1. The lowest BCUT2D eigenvalue weighted by Gasteiger charge is -2.43. The maximum Gasteiger partial charge on any atom is 0.161 e. The summed E-state index contributed by atoms with van der Waals surface area (Å²) >= 11 is 0. The Kier molecular flexibility index (Phi) is 5.58. The molecule has 0 amide bonds. The van der Waals surface area contributed by atoms with Gasteiger partial charge in [0, 0.05) is 30.9 Å². The Morgan fingerprint density at radius 3 is 2.15 bits per heavy atom. The van der Waals surface area contributed by atoms with E-state index in [1.165, 1.54) is 64.5 Å². The molecular formula is C22H33N3O. The number of nitrogens with zero attached hydrogens (tertiary/aromatic N) is 3. The lowest BCUT2D eigenvalue weighted by atomic mass is 9.81. The van der Waals surface area contributed by atoms with E-state index < -0.39 is 0 Å². The van der Waals surface area contributed by atoms with Crippen LogP contribution in [0.5, 0.6) is 0 Å². The molecule has 0 bridgehead atoms. The van der Waals surface area contributed by atoms with Gasteiger partial charge in [-0.3, -0.25) is 4.79 Å².